The molecule has 0 bridgehead atoms. The number of ether oxygens (including phenoxy) is 1. The first kappa shape index (κ1) is 29.5. The Balaban J connectivity index is 1.67. The maximum absolute atomic E-state index is 13.6. The van der Waals surface area contributed by atoms with E-state index in [-0.39, 0.29) is 35.3 Å². The van der Waals surface area contributed by atoms with E-state index < -0.39 is 27.8 Å². The lowest BCUT2D eigenvalue weighted by atomic mass is 9.93. The maximum atomic E-state index is 13.6. The number of rotatable bonds is 12. The van der Waals surface area contributed by atoms with E-state index in [1.54, 1.807) is 17.7 Å². The van der Waals surface area contributed by atoms with Crippen LogP contribution < -0.4 is 10.3 Å². The fourth-order valence-corrected chi connectivity index (χ4v) is 6.57. The van der Waals surface area contributed by atoms with E-state index in [1.165, 1.54) is 16.4 Å². The lowest BCUT2D eigenvalue weighted by molar-refractivity contribution is -0.759. The molecule has 3 aromatic rings. The van der Waals surface area contributed by atoms with Crippen molar-refractivity contribution in [2.75, 3.05) is 26.3 Å². The monoisotopic (exact) mass is 577 g/mol. The van der Waals surface area contributed by atoms with Crippen molar-refractivity contribution in [3.63, 3.8) is 0 Å². The zero-order valence-corrected chi connectivity index (χ0v) is 23.6. The van der Waals surface area contributed by atoms with Gasteiger partial charge in [-0.15, -0.1) is 10.1 Å². The molecule has 0 spiro atoms. The number of H-pyrrole nitrogens is 1. The van der Waals surface area contributed by atoms with Crippen LogP contribution in [0.3, 0.4) is 0 Å². The molecule has 1 aliphatic rings. The molecule has 1 unspecified atom stereocenters. The summed E-state index contributed by atoms with van der Waals surface area (Å²) in [7, 11) is -2.15. The van der Waals surface area contributed by atoms with Crippen molar-refractivity contribution < 1.29 is 28.2 Å². The minimum Gasteiger partial charge on any atom is -0.493 e. The highest BCUT2D eigenvalue weighted by Gasteiger charge is 2.33. The van der Waals surface area contributed by atoms with Gasteiger partial charge in [-0.05, 0) is 55.4 Å². The Hall–Kier alpha value is -3.49. The Bertz CT molecular complexity index is 1530. The number of fused-ring (bicyclic) bond motifs is 1. The van der Waals surface area contributed by atoms with E-state index in [1.807, 2.05) is 20.0 Å². The lowest BCUT2D eigenvalue weighted by Gasteiger charge is -2.33. The van der Waals surface area contributed by atoms with Crippen LogP contribution in [0.1, 0.15) is 45.1 Å². The van der Waals surface area contributed by atoms with E-state index in [0.717, 1.165) is 24.8 Å². The van der Waals surface area contributed by atoms with Crippen LogP contribution in [-0.2, 0) is 28.3 Å². The van der Waals surface area contributed by atoms with Gasteiger partial charge in [-0.3, -0.25) is 4.79 Å². The number of hydrogen-bond acceptors (Lipinski definition) is 9. The predicted octanol–water partition coefficient (Wildman–Crippen LogP) is 2.64. The zero-order valence-electron chi connectivity index (χ0n) is 22.8. The van der Waals surface area contributed by atoms with E-state index in [2.05, 4.69) is 9.82 Å². The Morgan fingerprint density at radius 2 is 1.98 bits per heavy atom. The SMILES string of the molecule is CCCOc1ccc(S(=O)(=O)N2CCC(C(O)CO[N+](=O)[O-])CC2)cc1-c1nc2c(CCC)cn(C)c2c(=O)[nH]1. The first-order valence-electron chi connectivity index (χ1n) is 13.4. The molecule has 2 aromatic heterocycles. The van der Waals surface area contributed by atoms with Crippen LogP contribution >= 0.6 is 0 Å². The van der Waals surface area contributed by atoms with Gasteiger partial charge in [0.25, 0.3) is 10.6 Å². The van der Waals surface area contributed by atoms with Gasteiger partial charge in [0.15, 0.2) is 0 Å². The number of aliphatic hydroxyl groups excluding tert-OH is 1. The third-order valence-electron chi connectivity index (χ3n) is 7.12. The maximum Gasteiger partial charge on any atom is 0.294 e. The van der Waals surface area contributed by atoms with Crippen LogP contribution in [-0.4, -0.2) is 69.9 Å². The normalized spacial score (nSPS) is 15.8. The highest BCUT2D eigenvalue weighted by molar-refractivity contribution is 7.89. The fourth-order valence-electron chi connectivity index (χ4n) is 5.07. The summed E-state index contributed by atoms with van der Waals surface area (Å²) in [5, 5.41) is 19.7. The van der Waals surface area contributed by atoms with Crippen molar-refractivity contribution in [1.82, 2.24) is 18.8 Å². The molecule has 2 N–H and O–H groups in total. The Labute approximate surface area is 231 Å². The number of aromatic nitrogens is 3. The van der Waals surface area contributed by atoms with E-state index in [9.17, 15) is 28.4 Å². The van der Waals surface area contributed by atoms with Gasteiger partial charge in [-0.25, -0.2) is 13.4 Å². The Morgan fingerprint density at radius 1 is 1.25 bits per heavy atom. The van der Waals surface area contributed by atoms with Gasteiger partial charge in [0, 0.05) is 26.3 Å². The molecule has 4 rings (SSSR count). The van der Waals surface area contributed by atoms with Crippen LogP contribution in [0, 0.1) is 16.0 Å². The summed E-state index contributed by atoms with van der Waals surface area (Å²) in [6, 6.07) is 4.52. The molecule has 40 heavy (non-hydrogen) atoms. The van der Waals surface area contributed by atoms with Crippen molar-refractivity contribution in [2.24, 2.45) is 13.0 Å². The van der Waals surface area contributed by atoms with Gasteiger partial charge in [0.2, 0.25) is 10.0 Å². The summed E-state index contributed by atoms with van der Waals surface area (Å²) in [6.45, 7) is 4.21. The van der Waals surface area contributed by atoms with Crippen molar-refractivity contribution in [3.05, 3.63) is 50.4 Å². The predicted molar refractivity (Wildman–Crippen MR) is 147 cm³/mol. The standard InChI is InChI=1S/C26H35N5O8S/c1-4-6-18-15-29(3)24-23(18)27-25(28-26(24)33)20-14-19(7-8-22(20)38-13-5-2)40(36,37)30-11-9-17(10-12-30)21(32)16-39-31(34)35/h7-8,14-15,17,21,32H,4-6,9-13,16H2,1-3H3,(H,27,28,33). The molecule has 1 saturated heterocycles. The molecular formula is C26H35N5O8S. The third kappa shape index (κ3) is 6.13. The van der Waals surface area contributed by atoms with Crippen LogP contribution in [0.15, 0.2) is 34.1 Å². The number of nitrogens with zero attached hydrogens (tertiary/aromatic N) is 4. The van der Waals surface area contributed by atoms with Gasteiger partial charge in [-0.2, -0.15) is 4.31 Å². The number of aryl methyl sites for hydroxylation is 2. The molecule has 1 atom stereocenters. The second-order valence-corrected chi connectivity index (χ2v) is 11.9. The largest absolute Gasteiger partial charge is 0.493 e. The average molecular weight is 578 g/mol. The van der Waals surface area contributed by atoms with Crippen molar-refractivity contribution in [1.29, 1.82) is 0 Å². The summed E-state index contributed by atoms with van der Waals surface area (Å²) in [4.78, 5) is 35.4. The summed E-state index contributed by atoms with van der Waals surface area (Å²) in [5.41, 5.74) is 1.98. The minimum absolute atomic E-state index is 0.0200. The van der Waals surface area contributed by atoms with Crippen molar-refractivity contribution in [2.45, 2.75) is 57.0 Å². The van der Waals surface area contributed by atoms with Gasteiger partial charge in [0.1, 0.15) is 23.7 Å². The van der Waals surface area contributed by atoms with Crippen molar-refractivity contribution in [3.8, 4) is 17.1 Å². The molecule has 0 radical (unpaired) electrons. The highest BCUT2D eigenvalue weighted by Crippen LogP contribution is 2.34. The van der Waals surface area contributed by atoms with Crippen LogP contribution in [0.4, 0.5) is 0 Å². The molecule has 1 aromatic carbocycles. The zero-order chi connectivity index (χ0) is 29.0. The summed E-state index contributed by atoms with van der Waals surface area (Å²) < 4.78 is 36.2. The molecule has 0 amide bonds. The average Bonchev–Trinajstić information content (AvgIpc) is 3.25. The molecule has 218 valence electrons. The first-order chi connectivity index (χ1) is 19.1. The fraction of sp³-hybridized carbons (Fsp3) is 0.538. The second kappa shape index (κ2) is 12.4. The third-order valence-corrected chi connectivity index (χ3v) is 9.01. The summed E-state index contributed by atoms with van der Waals surface area (Å²) in [6.07, 6.45) is 3.82. The summed E-state index contributed by atoms with van der Waals surface area (Å²) in [5.74, 6) is 0.302. The number of piperidine rings is 1. The topological polar surface area (TPSA) is 170 Å². The number of aliphatic hydroxyl groups is 1. The van der Waals surface area contributed by atoms with Gasteiger partial charge >= 0.3 is 0 Å². The van der Waals surface area contributed by atoms with Gasteiger partial charge in [0.05, 0.1) is 28.7 Å². The highest BCUT2D eigenvalue weighted by atomic mass is 32.2. The molecule has 0 saturated carbocycles. The van der Waals surface area contributed by atoms with E-state index in [0.29, 0.717) is 41.8 Å². The molecule has 13 nitrogen and oxygen atoms in total. The second-order valence-electron chi connectivity index (χ2n) is 9.96. The number of benzene rings is 1. The van der Waals surface area contributed by atoms with Crippen LogP contribution in [0.25, 0.3) is 22.4 Å². The van der Waals surface area contributed by atoms with Gasteiger partial charge < -0.3 is 24.2 Å². The number of sulfonamides is 1. The van der Waals surface area contributed by atoms with Crippen molar-refractivity contribution >= 4 is 21.1 Å². The molecule has 1 aliphatic heterocycles. The minimum atomic E-state index is -3.94. The molecule has 0 aliphatic carbocycles. The quantitative estimate of drug-likeness (QED) is 0.243. The van der Waals surface area contributed by atoms with E-state index >= 15 is 0 Å². The Morgan fingerprint density at radius 3 is 2.62 bits per heavy atom. The van der Waals surface area contributed by atoms with Gasteiger partial charge in [-0.1, -0.05) is 20.3 Å². The van der Waals surface area contributed by atoms with E-state index in [4.69, 9.17) is 9.72 Å². The number of nitrogens with one attached hydrogen (secondary N) is 1. The molecule has 3 heterocycles. The molecule has 1 fully saturated rings. The first-order valence-corrected chi connectivity index (χ1v) is 14.8. The molecular weight excluding hydrogens is 542 g/mol. The molecule has 14 heteroatoms. The van der Waals surface area contributed by atoms with Crippen LogP contribution in [0.2, 0.25) is 0 Å². The lowest BCUT2D eigenvalue weighted by Crippen LogP contribution is -2.42. The number of aromatic amines is 1. The number of hydrogen-bond donors (Lipinski definition) is 2. The van der Waals surface area contributed by atoms with Crippen LogP contribution in [0.5, 0.6) is 5.75 Å². The smallest absolute Gasteiger partial charge is 0.294 e. The summed E-state index contributed by atoms with van der Waals surface area (Å²) >= 11 is 0. The Kier molecular flexibility index (Phi) is 9.11.